The van der Waals surface area contributed by atoms with Gasteiger partial charge < -0.3 is 0 Å². The fourth-order valence-corrected chi connectivity index (χ4v) is 14.7. The molecule has 0 saturated carbocycles. The maximum atomic E-state index is 2.52. The summed E-state index contributed by atoms with van der Waals surface area (Å²) in [6, 6.07) is 68.9. The van der Waals surface area contributed by atoms with Crippen molar-refractivity contribution in [3.05, 3.63) is 216 Å². The molecule has 11 aromatic carbocycles. The summed E-state index contributed by atoms with van der Waals surface area (Å²) in [5, 5.41) is 13.2. The number of benzene rings is 11. The van der Waals surface area contributed by atoms with E-state index in [9.17, 15) is 0 Å². The van der Waals surface area contributed by atoms with Gasteiger partial charge in [-0.3, -0.25) is 0 Å². The molecule has 1 aromatic heterocycles. The van der Waals surface area contributed by atoms with Gasteiger partial charge in [-0.2, -0.15) is 0 Å². The summed E-state index contributed by atoms with van der Waals surface area (Å²) >= 11 is 3.89. The summed E-state index contributed by atoms with van der Waals surface area (Å²) in [6.45, 7) is 0. The highest BCUT2D eigenvalue weighted by Gasteiger charge is 2.28. The maximum Gasteiger partial charge on any atom is 0.0368 e. The Kier molecular flexibility index (Phi) is 8.52. The Hall–Kier alpha value is -7.49. The maximum absolute atomic E-state index is 2.52. The van der Waals surface area contributed by atoms with E-state index in [1.54, 1.807) is 0 Å². The minimum absolute atomic E-state index is 1.05. The predicted octanol–water partition coefficient (Wildman–Crippen LogP) is 19.4. The van der Waals surface area contributed by atoms with Crippen molar-refractivity contribution >= 4 is 98.5 Å². The molecule has 0 spiro atoms. The molecule has 0 saturated heterocycles. The quantitative estimate of drug-likeness (QED) is 0.159. The van der Waals surface area contributed by atoms with Gasteiger partial charge in [0.15, 0.2) is 0 Å². The molecule has 15 rings (SSSR count). The third kappa shape index (κ3) is 5.68. The summed E-state index contributed by atoms with van der Waals surface area (Å²) in [5.41, 5.74) is 19.1. The molecular formula is C66H42S2. The van der Waals surface area contributed by atoms with Crippen LogP contribution in [0.1, 0.15) is 35.1 Å². The van der Waals surface area contributed by atoms with Crippen LogP contribution < -0.4 is 0 Å². The summed E-state index contributed by atoms with van der Waals surface area (Å²) in [6.07, 6.45) is 13.9. The van der Waals surface area contributed by atoms with E-state index in [1.165, 1.54) is 151 Å². The molecular weight excluding hydrogens is 857 g/mol. The van der Waals surface area contributed by atoms with Gasteiger partial charge in [-0.25, -0.2) is 0 Å². The highest BCUT2D eigenvalue weighted by atomic mass is 32.2. The van der Waals surface area contributed by atoms with Gasteiger partial charge in [0, 0.05) is 35.3 Å². The van der Waals surface area contributed by atoms with Gasteiger partial charge in [-0.15, -0.1) is 11.3 Å². The van der Waals surface area contributed by atoms with E-state index < -0.39 is 0 Å². The molecule has 0 unspecified atom stereocenters. The summed E-state index contributed by atoms with van der Waals surface area (Å²) < 4.78 is 2.71. The second kappa shape index (κ2) is 15.0. The van der Waals surface area contributed by atoms with Gasteiger partial charge >= 0.3 is 0 Å². The van der Waals surface area contributed by atoms with Gasteiger partial charge in [0.05, 0.1) is 0 Å². The lowest BCUT2D eigenvalue weighted by Gasteiger charge is -2.28. The van der Waals surface area contributed by atoms with Crippen LogP contribution in [0, 0.1) is 0 Å². The van der Waals surface area contributed by atoms with E-state index in [4.69, 9.17) is 0 Å². The molecule has 0 bridgehead atoms. The zero-order valence-corrected chi connectivity index (χ0v) is 38.9. The van der Waals surface area contributed by atoms with Crippen molar-refractivity contribution in [2.24, 2.45) is 0 Å². The first-order valence-electron chi connectivity index (χ1n) is 24.0. The van der Waals surface area contributed by atoms with Crippen LogP contribution >= 0.6 is 23.1 Å². The normalized spacial score (nSPS) is 13.8. The summed E-state index contributed by atoms with van der Waals surface area (Å²) in [7, 11) is 0. The largest absolute Gasteiger partial charge is 0.135 e. The van der Waals surface area contributed by atoms with Gasteiger partial charge in [-0.1, -0.05) is 188 Å². The molecule has 0 amide bonds. The predicted molar refractivity (Wildman–Crippen MR) is 295 cm³/mol. The van der Waals surface area contributed by atoms with Crippen LogP contribution in [0.5, 0.6) is 0 Å². The molecule has 2 heterocycles. The number of allylic oxidation sites excluding steroid dienone is 2. The average Bonchev–Trinajstić information content (AvgIpc) is 3.77. The standard InChI is InChI=1S/C66H42S2/c1-2-16-40(17-3-1)61-46-19-6-8-21-48(46)63(49-22-9-7-20-47(49)61)43-31-33-45-56-38-60-65(55-27-14-28-57(66(55)56)67-58(45)36-43)54-34-32-44(37-59(54)68-60)64-52-25-12-10-23-50(52)62(51-24-11-13-26-53(51)64)42-30-29-39-15-4-5-18-41(39)35-42/h1-10,13-23,26-38H,11-12,24-25H2. The Morgan fingerprint density at radius 1 is 0.338 bits per heavy atom. The molecule has 0 nitrogen and oxygen atoms in total. The van der Waals surface area contributed by atoms with E-state index >= 15 is 0 Å². The lowest BCUT2D eigenvalue weighted by Crippen LogP contribution is -2.09. The van der Waals surface area contributed by atoms with Crippen LogP contribution in [0.4, 0.5) is 0 Å². The van der Waals surface area contributed by atoms with Gasteiger partial charge in [0.25, 0.3) is 0 Å². The van der Waals surface area contributed by atoms with Gasteiger partial charge in [-0.05, 0) is 172 Å². The SMILES string of the molecule is C1=Cc2c(c(-c3ccc4ccccc4c3)c3c(c2-c2ccc4c(c2)sc2cc5c6c(cccc6c24)Sc2cc(-c4c6ccccc6c(-c6ccccc6)c6ccccc46)ccc2-5)CCC=C3)CC1. The van der Waals surface area contributed by atoms with E-state index in [-0.39, 0.29) is 0 Å². The monoisotopic (exact) mass is 898 g/mol. The number of rotatable bonds is 4. The van der Waals surface area contributed by atoms with Crippen molar-refractivity contribution in [3.63, 3.8) is 0 Å². The van der Waals surface area contributed by atoms with E-state index in [1.807, 2.05) is 23.1 Å². The summed E-state index contributed by atoms with van der Waals surface area (Å²) in [4.78, 5) is 2.65. The molecule has 3 aliphatic rings. The Labute approximate surface area is 403 Å². The zero-order valence-electron chi connectivity index (χ0n) is 37.3. The Morgan fingerprint density at radius 3 is 1.65 bits per heavy atom. The highest BCUT2D eigenvalue weighted by Crippen LogP contribution is 2.54. The molecule has 0 N–H and O–H groups in total. The lowest BCUT2D eigenvalue weighted by molar-refractivity contribution is 0.958. The molecule has 0 radical (unpaired) electrons. The van der Waals surface area contributed by atoms with Crippen LogP contribution in [0.15, 0.2) is 204 Å². The second-order valence-corrected chi connectivity index (χ2v) is 21.0. The smallest absolute Gasteiger partial charge is 0.0368 e. The van der Waals surface area contributed by atoms with Crippen LogP contribution in [-0.4, -0.2) is 0 Å². The van der Waals surface area contributed by atoms with Crippen molar-refractivity contribution in [3.8, 4) is 55.6 Å². The molecule has 12 aromatic rings. The average molecular weight is 899 g/mol. The topological polar surface area (TPSA) is 0 Å². The fraction of sp³-hybridized carbons (Fsp3) is 0.0606. The lowest BCUT2D eigenvalue weighted by atomic mass is 9.76. The number of hydrogen-bond donors (Lipinski definition) is 0. The highest BCUT2D eigenvalue weighted by molar-refractivity contribution is 7.99. The third-order valence-electron chi connectivity index (χ3n) is 15.1. The minimum Gasteiger partial charge on any atom is -0.135 e. The Bertz CT molecular complexity index is 4160. The molecule has 0 atom stereocenters. The van der Waals surface area contributed by atoms with E-state index in [0.29, 0.717) is 0 Å². The van der Waals surface area contributed by atoms with Crippen molar-refractivity contribution in [2.75, 3.05) is 0 Å². The van der Waals surface area contributed by atoms with Crippen molar-refractivity contribution < 1.29 is 0 Å². The number of fused-ring (bicyclic) bond motifs is 11. The van der Waals surface area contributed by atoms with Crippen LogP contribution in [0.3, 0.4) is 0 Å². The summed E-state index contributed by atoms with van der Waals surface area (Å²) in [5.74, 6) is 0. The Morgan fingerprint density at radius 2 is 0.926 bits per heavy atom. The zero-order chi connectivity index (χ0) is 44.5. The molecule has 1 aliphatic heterocycles. The van der Waals surface area contributed by atoms with Crippen LogP contribution in [-0.2, 0) is 12.8 Å². The molecule has 0 fully saturated rings. The Balaban J connectivity index is 0.892. The van der Waals surface area contributed by atoms with Crippen LogP contribution in [0.2, 0.25) is 0 Å². The van der Waals surface area contributed by atoms with Crippen molar-refractivity contribution in [1.29, 1.82) is 0 Å². The second-order valence-electron chi connectivity index (χ2n) is 18.8. The number of hydrogen-bond acceptors (Lipinski definition) is 2. The first kappa shape index (κ1) is 38.6. The van der Waals surface area contributed by atoms with Crippen molar-refractivity contribution in [1.82, 2.24) is 0 Å². The van der Waals surface area contributed by atoms with Gasteiger partial charge in [0.1, 0.15) is 0 Å². The third-order valence-corrected chi connectivity index (χ3v) is 17.4. The van der Waals surface area contributed by atoms with Gasteiger partial charge in [0.2, 0.25) is 0 Å². The number of thiophene rings is 1. The van der Waals surface area contributed by atoms with E-state index in [2.05, 4.69) is 206 Å². The van der Waals surface area contributed by atoms with Crippen molar-refractivity contribution in [2.45, 2.75) is 35.5 Å². The van der Waals surface area contributed by atoms with Crippen LogP contribution in [0.25, 0.3) is 131 Å². The molecule has 68 heavy (non-hydrogen) atoms. The molecule has 318 valence electrons. The minimum atomic E-state index is 1.05. The fourth-order valence-electron chi connectivity index (χ4n) is 12.3. The first-order valence-corrected chi connectivity index (χ1v) is 25.6. The first-order chi connectivity index (χ1) is 33.7. The molecule has 2 heteroatoms. The molecule has 2 aliphatic carbocycles. The van der Waals surface area contributed by atoms with E-state index in [0.717, 1.165) is 25.7 Å².